The molecule has 0 aliphatic carbocycles. The molecule has 2 rings (SSSR count). The molecule has 0 bridgehead atoms. The molecule has 0 fully saturated rings. The number of benzene rings is 1. The molecule has 0 radical (unpaired) electrons. The summed E-state index contributed by atoms with van der Waals surface area (Å²) >= 11 is 1.66. The zero-order valence-electron chi connectivity index (χ0n) is 12.6. The van der Waals surface area contributed by atoms with Crippen LogP contribution in [0.15, 0.2) is 24.4 Å². The van der Waals surface area contributed by atoms with E-state index in [-0.39, 0.29) is 5.54 Å². The molecule has 2 aromatic rings. The van der Waals surface area contributed by atoms with Crippen LogP contribution in [0, 0.1) is 13.8 Å². The maximum Gasteiger partial charge on any atom is 0.119 e. The lowest BCUT2D eigenvalue weighted by Gasteiger charge is -2.14. The van der Waals surface area contributed by atoms with Gasteiger partial charge in [-0.25, -0.2) is 4.98 Å². The summed E-state index contributed by atoms with van der Waals surface area (Å²) in [6.07, 6.45) is 2.68. The van der Waals surface area contributed by atoms with E-state index in [9.17, 15) is 0 Å². The molecular formula is C16H22N2OS. The lowest BCUT2D eigenvalue weighted by molar-refractivity contribution is 0.321. The zero-order chi connectivity index (χ0) is 14.8. The second kappa shape index (κ2) is 5.94. The van der Waals surface area contributed by atoms with Crippen molar-refractivity contribution in [1.82, 2.24) is 4.98 Å². The first-order valence-electron chi connectivity index (χ1n) is 6.80. The smallest absolute Gasteiger partial charge is 0.119 e. The molecule has 4 heteroatoms. The summed E-state index contributed by atoms with van der Waals surface area (Å²) in [4.78, 5) is 5.51. The van der Waals surface area contributed by atoms with Crippen molar-refractivity contribution in [3.8, 4) is 5.75 Å². The topological polar surface area (TPSA) is 48.1 Å². The number of nitrogens with two attached hydrogens (primary N) is 1. The number of hydrogen-bond acceptors (Lipinski definition) is 4. The van der Waals surface area contributed by atoms with Crippen molar-refractivity contribution < 1.29 is 4.74 Å². The van der Waals surface area contributed by atoms with Crippen LogP contribution in [0.25, 0.3) is 0 Å². The lowest BCUT2D eigenvalue weighted by Crippen LogP contribution is -2.27. The van der Waals surface area contributed by atoms with Crippen LogP contribution in [0.1, 0.15) is 34.9 Å². The third-order valence-corrected chi connectivity index (χ3v) is 4.65. The summed E-state index contributed by atoms with van der Waals surface area (Å²) in [5.74, 6) is 0.920. The van der Waals surface area contributed by atoms with Crippen molar-refractivity contribution in [1.29, 1.82) is 0 Å². The number of rotatable bonds is 5. The van der Waals surface area contributed by atoms with Gasteiger partial charge in [0.05, 0.1) is 11.6 Å². The highest BCUT2D eigenvalue weighted by atomic mass is 32.1. The van der Waals surface area contributed by atoms with Gasteiger partial charge >= 0.3 is 0 Å². The molecule has 0 atom stereocenters. The fraction of sp³-hybridized carbons (Fsp3) is 0.438. The predicted octanol–water partition coefficient (Wildman–Crippen LogP) is 3.58. The molecule has 0 unspecified atom stereocenters. The Morgan fingerprint density at radius 1 is 1.25 bits per heavy atom. The van der Waals surface area contributed by atoms with Gasteiger partial charge in [0.15, 0.2) is 0 Å². The second-order valence-corrected chi connectivity index (χ2v) is 6.80. The molecule has 1 heterocycles. The maximum atomic E-state index is 6.06. The fourth-order valence-electron chi connectivity index (χ4n) is 1.78. The van der Waals surface area contributed by atoms with Crippen LogP contribution in [-0.2, 0) is 12.0 Å². The maximum absolute atomic E-state index is 6.06. The minimum atomic E-state index is -0.315. The lowest BCUT2D eigenvalue weighted by atomic mass is 10.1. The molecule has 0 amide bonds. The minimum absolute atomic E-state index is 0.315. The Kier molecular flexibility index (Phi) is 4.45. The van der Waals surface area contributed by atoms with Gasteiger partial charge in [0.2, 0.25) is 0 Å². The minimum Gasteiger partial charge on any atom is -0.493 e. The van der Waals surface area contributed by atoms with Gasteiger partial charge in [0.1, 0.15) is 5.75 Å². The Morgan fingerprint density at radius 3 is 2.60 bits per heavy atom. The van der Waals surface area contributed by atoms with Crippen LogP contribution < -0.4 is 10.5 Å². The predicted molar refractivity (Wildman–Crippen MR) is 84.4 cm³/mol. The normalized spacial score (nSPS) is 11.7. The molecule has 0 aliphatic heterocycles. The van der Waals surface area contributed by atoms with Crippen molar-refractivity contribution in [3.05, 3.63) is 45.4 Å². The summed E-state index contributed by atoms with van der Waals surface area (Å²) in [6.45, 7) is 8.83. The number of aromatic nitrogens is 1. The molecule has 1 aromatic heterocycles. The Hall–Kier alpha value is -1.39. The van der Waals surface area contributed by atoms with Crippen LogP contribution in [0.3, 0.4) is 0 Å². The van der Waals surface area contributed by atoms with Crippen molar-refractivity contribution >= 4 is 11.3 Å². The van der Waals surface area contributed by atoms with E-state index >= 15 is 0 Å². The molecule has 1 aromatic carbocycles. The van der Waals surface area contributed by atoms with Crippen LogP contribution in [0.2, 0.25) is 0 Å². The summed E-state index contributed by atoms with van der Waals surface area (Å²) in [7, 11) is 0. The van der Waals surface area contributed by atoms with E-state index in [0.717, 1.165) is 22.1 Å². The van der Waals surface area contributed by atoms with Crippen LogP contribution in [-0.4, -0.2) is 11.6 Å². The van der Waals surface area contributed by atoms with Gasteiger partial charge in [-0.1, -0.05) is 6.07 Å². The molecule has 0 saturated heterocycles. The largest absolute Gasteiger partial charge is 0.493 e. The standard InChI is InChI=1S/C16H22N2OS/c1-11-5-6-13(9-12(11)2)19-8-7-15-18-10-14(20-15)16(3,4)17/h5-6,9-10H,7-8,17H2,1-4H3. The Labute approximate surface area is 124 Å². The fourth-order valence-corrected chi connectivity index (χ4v) is 2.70. The average Bonchev–Trinajstić information content (AvgIpc) is 2.82. The Morgan fingerprint density at radius 2 is 2.00 bits per heavy atom. The highest BCUT2D eigenvalue weighted by Crippen LogP contribution is 2.24. The zero-order valence-corrected chi connectivity index (χ0v) is 13.4. The number of aryl methyl sites for hydroxylation is 2. The molecule has 108 valence electrons. The summed E-state index contributed by atoms with van der Waals surface area (Å²) in [6, 6.07) is 6.17. The SMILES string of the molecule is Cc1ccc(OCCc2ncc(C(C)(C)N)s2)cc1C. The average molecular weight is 290 g/mol. The van der Waals surface area contributed by atoms with Crippen molar-refractivity contribution in [2.75, 3.05) is 6.61 Å². The Bertz CT molecular complexity index is 584. The van der Waals surface area contributed by atoms with E-state index in [1.54, 1.807) is 11.3 Å². The molecule has 20 heavy (non-hydrogen) atoms. The quantitative estimate of drug-likeness (QED) is 0.915. The first kappa shape index (κ1) is 15.0. The van der Waals surface area contributed by atoms with Gasteiger partial charge in [-0.15, -0.1) is 11.3 Å². The first-order valence-corrected chi connectivity index (χ1v) is 7.62. The molecule has 3 nitrogen and oxygen atoms in total. The highest BCUT2D eigenvalue weighted by Gasteiger charge is 2.17. The summed E-state index contributed by atoms with van der Waals surface area (Å²) < 4.78 is 5.78. The molecule has 0 saturated carbocycles. The second-order valence-electron chi connectivity index (χ2n) is 5.68. The van der Waals surface area contributed by atoms with Gasteiger partial charge in [0.25, 0.3) is 0 Å². The first-order chi connectivity index (χ1) is 9.36. The number of nitrogens with zero attached hydrogens (tertiary/aromatic N) is 1. The van der Waals surface area contributed by atoms with Crippen molar-refractivity contribution in [3.63, 3.8) is 0 Å². The van der Waals surface area contributed by atoms with E-state index in [1.165, 1.54) is 11.1 Å². The Balaban J connectivity index is 1.89. The third kappa shape index (κ3) is 3.81. The van der Waals surface area contributed by atoms with Crippen LogP contribution >= 0.6 is 11.3 Å². The molecule has 0 aliphatic rings. The van der Waals surface area contributed by atoms with E-state index in [0.29, 0.717) is 6.61 Å². The van der Waals surface area contributed by atoms with Crippen LogP contribution in [0.5, 0.6) is 5.75 Å². The number of thiazole rings is 1. The van der Waals surface area contributed by atoms with E-state index in [1.807, 2.05) is 26.1 Å². The van der Waals surface area contributed by atoms with Crippen LogP contribution in [0.4, 0.5) is 0 Å². The number of hydrogen-bond donors (Lipinski definition) is 1. The number of ether oxygens (including phenoxy) is 1. The van der Waals surface area contributed by atoms with Gasteiger partial charge in [-0.2, -0.15) is 0 Å². The molecule has 2 N–H and O–H groups in total. The summed E-state index contributed by atoms with van der Waals surface area (Å²) in [5, 5.41) is 1.07. The van der Waals surface area contributed by atoms with Gasteiger partial charge < -0.3 is 10.5 Å². The van der Waals surface area contributed by atoms with Crippen molar-refractivity contribution in [2.45, 2.75) is 39.7 Å². The van der Waals surface area contributed by atoms with Gasteiger partial charge in [-0.05, 0) is 51.0 Å². The molecule has 0 spiro atoms. The third-order valence-electron chi connectivity index (χ3n) is 3.25. The van der Waals surface area contributed by atoms with Gasteiger partial charge in [0, 0.05) is 23.0 Å². The van der Waals surface area contributed by atoms with Crippen molar-refractivity contribution in [2.24, 2.45) is 5.73 Å². The highest BCUT2D eigenvalue weighted by molar-refractivity contribution is 7.11. The van der Waals surface area contributed by atoms with E-state index in [4.69, 9.17) is 10.5 Å². The van der Waals surface area contributed by atoms with Gasteiger partial charge in [-0.3, -0.25) is 0 Å². The van der Waals surface area contributed by atoms with E-state index < -0.39 is 0 Å². The molecular weight excluding hydrogens is 268 g/mol. The van der Waals surface area contributed by atoms with E-state index in [2.05, 4.69) is 31.0 Å². The monoisotopic (exact) mass is 290 g/mol. The summed E-state index contributed by atoms with van der Waals surface area (Å²) in [5.41, 5.74) is 8.28.